The first-order valence-corrected chi connectivity index (χ1v) is 11.5. The van der Waals surface area contributed by atoms with Crippen LogP contribution < -0.4 is 5.32 Å². The van der Waals surface area contributed by atoms with E-state index in [1.807, 2.05) is 6.07 Å². The molecule has 0 aliphatic carbocycles. The fourth-order valence-corrected chi connectivity index (χ4v) is 4.05. The highest BCUT2D eigenvalue weighted by Crippen LogP contribution is 2.25. The maximum Gasteiger partial charge on any atom is 0.335 e. The van der Waals surface area contributed by atoms with Crippen molar-refractivity contribution >= 4 is 29.5 Å². The lowest BCUT2D eigenvalue weighted by Gasteiger charge is -2.32. The van der Waals surface area contributed by atoms with Crippen molar-refractivity contribution in [2.45, 2.75) is 32.1 Å². The molecule has 0 saturated carbocycles. The fraction of sp³-hybridized carbons (Fsp3) is 0.360. The lowest BCUT2D eigenvalue weighted by molar-refractivity contribution is -0.384. The topological polar surface area (TPSA) is 143 Å². The molecule has 1 fully saturated rings. The van der Waals surface area contributed by atoms with E-state index in [1.165, 1.54) is 12.1 Å². The zero-order valence-corrected chi connectivity index (χ0v) is 19.3. The number of rotatable bonds is 10. The van der Waals surface area contributed by atoms with Gasteiger partial charge in [0.15, 0.2) is 0 Å². The van der Waals surface area contributed by atoms with E-state index in [2.05, 4.69) is 10.3 Å². The fourth-order valence-electron chi connectivity index (χ4n) is 4.05. The first kappa shape index (κ1) is 25.5. The molecule has 0 radical (unpaired) electrons. The van der Waals surface area contributed by atoms with Crippen molar-refractivity contribution < 1.29 is 24.4 Å². The van der Waals surface area contributed by atoms with Crippen molar-refractivity contribution in [1.82, 2.24) is 15.2 Å². The van der Waals surface area contributed by atoms with Crippen LogP contribution in [0.15, 0.2) is 48.8 Å². The summed E-state index contributed by atoms with van der Waals surface area (Å²) in [6, 6.07) is 6.93. The maximum atomic E-state index is 12.8. The van der Waals surface area contributed by atoms with Gasteiger partial charge in [0.05, 0.1) is 10.5 Å². The third kappa shape index (κ3) is 7.73. The zero-order valence-electron chi connectivity index (χ0n) is 19.3. The smallest absolute Gasteiger partial charge is 0.335 e. The number of non-ortho nitro benzene ring substituents is 1. The van der Waals surface area contributed by atoms with Gasteiger partial charge in [-0.15, -0.1) is 0 Å². The minimum Gasteiger partial charge on any atom is -0.478 e. The van der Waals surface area contributed by atoms with Crippen molar-refractivity contribution in [3.8, 4) is 0 Å². The number of pyridine rings is 1. The van der Waals surface area contributed by atoms with E-state index in [4.69, 9.17) is 0 Å². The molecule has 2 aromatic rings. The molecule has 2 amide bonds. The molecular weight excluding hydrogens is 452 g/mol. The monoisotopic (exact) mass is 480 g/mol. The summed E-state index contributed by atoms with van der Waals surface area (Å²) in [6.45, 7) is 1.63. The van der Waals surface area contributed by atoms with E-state index in [1.54, 1.807) is 29.4 Å². The molecule has 10 nitrogen and oxygen atoms in total. The predicted molar refractivity (Wildman–Crippen MR) is 129 cm³/mol. The Balaban J connectivity index is 1.38. The van der Waals surface area contributed by atoms with Crippen LogP contribution in [0.25, 0.3) is 6.08 Å². The number of likely N-dealkylation sites (tertiary alicyclic amines) is 1. The molecular formula is C25H28N4O6. The van der Waals surface area contributed by atoms with E-state index >= 15 is 0 Å². The van der Waals surface area contributed by atoms with Crippen LogP contribution in [0.2, 0.25) is 0 Å². The summed E-state index contributed by atoms with van der Waals surface area (Å²) in [5, 5.41) is 23.2. The van der Waals surface area contributed by atoms with Crippen molar-refractivity contribution in [1.29, 1.82) is 0 Å². The van der Waals surface area contributed by atoms with Gasteiger partial charge in [0.25, 0.3) is 11.6 Å². The number of amides is 2. The molecule has 3 rings (SSSR count). The molecule has 1 aromatic heterocycles. The second kappa shape index (κ2) is 12.4. The summed E-state index contributed by atoms with van der Waals surface area (Å²) >= 11 is 0. The van der Waals surface area contributed by atoms with Gasteiger partial charge in [0.1, 0.15) is 0 Å². The van der Waals surface area contributed by atoms with Crippen LogP contribution in [-0.4, -0.2) is 57.3 Å². The second-order valence-electron chi connectivity index (χ2n) is 8.47. The summed E-state index contributed by atoms with van der Waals surface area (Å²) in [4.78, 5) is 52.0. The number of carboxylic acids is 1. The molecule has 1 aromatic carbocycles. The molecule has 1 aliphatic rings. The highest BCUT2D eigenvalue weighted by atomic mass is 16.6. The van der Waals surface area contributed by atoms with E-state index in [-0.39, 0.29) is 17.0 Å². The largest absolute Gasteiger partial charge is 0.478 e. The zero-order chi connectivity index (χ0) is 25.2. The van der Waals surface area contributed by atoms with Gasteiger partial charge in [0.2, 0.25) is 5.91 Å². The number of aromatic nitrogens is 1. The molecule has 35 heavy (non-hydrogen) atoms. The molecule has 2 N–H and O–H groups in total. The number of carbonyl (C=O) groups is 3. The highest BCUT2D eigenvalue weighted by molar-refractivity contribution is 5.98. The molecule has 1 aliphatic heterocycles. The van der Waals surface area contributed by atoms with Crippen LogP contribution in [-0.2, 0) is 4.79 Å². The predicted octanol–water partition coefficient (Wildman–Crippen LogP) is 3.54. The van der Waals surface area contributed by atoms with Gasteiger partial charge in [0, 0.05) is 55.8 Å². The number of nitrogens with one attached hydrogen (secondary N) is 1. The van der Waals surface area contributed by atoms with E-state index in [0.717, 1.165) is 49.8 Å². The van der Waals surface area contributed by atoms with Gasteiger partial charge >= 0.3 is 5.97 Å². The molecule has 0 unspecified atom stereocenters. The Morgan fingerprint density at radius 1 is 1.17 bits per heavy atom. The van der Waals surface area contributed by atoms with Gasteiger partial charge in [-0.3, -0.25) is 24.7 Å². The number of carboxylic acid groups (broad SMARTS) is 1. The molecule has 1 saturated heterocycles. The Morgan fingerprint density at radius 3 is 2.57 bits per heavy atom. The number of nitro groups is 1. The van der Waals surface area contributed by atoms with Crippen LogP contribution in [0.5, 0.6) is 0 Å². The minimum atomic E-state index is -1.32. The number of nitrogens with zero attached hydrogens (tertiary/aromatic N) is 3. The van der Waals surface area contributed by atoms with Crippen molar-refractivity contribution in [3.63, 3.8) is 0 Å². The Kier molecular flexibility index (Phi) is 9.05. The summed E-state index contributed by atoms with van der Waals surface area (Å²) in [6.07, 6.45) is 11.0. The first-order chi connectivity index (χ1) is 16.8. The third-order valence-electron chi connectivity index (χ3n) is 5.97. The number of unbranched alkanes of at least 4 members (excludes halogenated alkanes) is 1. The van der Waals surface area contributed by atoms with Crippen molar-refractivity contribution in [2.24, 2.45) is 5.92 Å². The molecule has 2 heterocycles. The summed E-state index contributed by atoms with van der Waals surface area (Å²) in [5.41, 5.74) is 0.184. The van der Waals surface area contributed by atoms with Crippen LogP contribution >= 0.6 is 0 Å². The number of benzene rings is 1. The van der Waals surface area contributed by atoms with Crippen LogP contribution in [0.4, 0.5) is 5.69 Å². The number of hydrogen-bond donors (Lipinski definition) is 2. The Morgan fingerprint density at radius 2 is 1.91 bits per heavy atom. The van der Waals surface area contributed by atoms with Crippen LogP contribution in [0.3, 0.4) is 0 Å². The lowest BCUT2D eigenvalue weighted by atomic mass is 9.91. The molecule has 0 spiro atoms. The lowest BCUT2D eigenvalue weighted by Crippen LogP contribution is -2.38. The summed E-state index contributed by atoms with van der Waals surface area (Å²) < 4.78 is 0. The van der Waals surface area contributed by atoms with Crippen molar-refractivity contribution in [3.05, 3.63) is 75.6 Å². The number of aromatic carboxylic acids is 1. The molecule has 10 heteroatoms. The Labute approximate surface area is 202 Å². The molecule has 0 atom stereocenters. The highest BCUT2D eigenvalue weighted by Gasteiger charge is 2.25. The van der Waals surface area contributed by atoms with Gasteiger partial charge in [-0.2, -0.15) is 0 Å². The average Bonchev–Trinajstić information content (AvgIpc) is 2.87. The third-order valence-corrected chi connectivity index (χ3v) is 5.97. The number of nitro benzene ring substituents is 1. The number of hydrogen-bond acceptors (Lipinski definition) is 6. The average molecular weight is 481 g/mol. The normalized spacial score (nSPS) is 14.1. The van der Waals surface area contributed by atoms with Crippen LogP contribution in [0, 0.1) is 16.0 Å². The second-order valence-corrected chi connectivity index (χ2v) is 8.47. The SMILES string of the molecule is O=C(/C=C/c1cccnc1)NCCCCC1CCN(C(=O)c2cc(C(=O)O)cc([N+](=O)[O-])c2)CC1. The van der Waals surface area contributed by atoms with Gasteiger partial charge in [-0.05, 0) is 49.0 Å². The quantitative estimate of drug-likeness (QED) is 0.229. The van der Waals surface area contributed by atoms with E-state index in [0.29, 0.717) is 25.6 Å². The molecule has 184 valence electrons. The Bertz CT molecular complexity index is 1060. The van der Waals surface area contributed by atoms with Gasteiger partial charge < -0.3 is 15.3 Å². The van der Waals surface area contributed by atoms with Crippen LogP contribution in [0.1, 0.15) is 58.4 Å². The van der Waals surface area contributed by atoms with Gasteiger partial charge in [-0.1, -0.05) is 18.9 Å². The summed E-state index contributed by atoms with van der Waals surface area (Å²) in [7, 11) is 0. The summed E-state index contributed by atoms with van der Waals surface area (Å²) in [5.74, 6) is -1.40. The number of piperidine rings is 1. The maximum absolute atomic E-state index is 12.8. The number of carbonyl (C=O) groups excluding carboxylic acids is 2. The van der Waals surface area contributed by atoms with E-state index < -0.39 is 22.5 Å². The molecule has 0 bridgehead atoms. The first-order valence-electron chi connectivity index (χ1n) is 11.5. The van der Waals surface area contributed by atoms with Crippen molar-refractivity contribution in [2.75, 3.05) is 19.6 Å². The standard InChI is InChI=1S/C25H28N4O6/c30-23(7-6-19-5-3-10-26-17-19)27-11-2-1-4-18-8-12-28(13-9-18)24(31)20-14-21(25(32)33)16-22(15-20)29(34)35/h3,5-7,10,14-18H,1-2,4,8-9,11-13H2,(H,27,30)(H,32,33)/b7-6+. The Hall–Kier alpha value is -4.08. The minimum absolute atomic E-state index is 0.0170. The van der Waals surface area contributed by atoms with E-state index in [9.17, 15) is 29.6 Å². The van der Waals surface area contributed by atoms with Gasteiger partial charge in [-0.25, -0.2) is 4.79 Å².